The Balaban J connectivity index is 2.02. The lowest BCUT2D eigenvalue weighted by atomic mass is 10.3. The van der Waals surface area contributed by atoms with Gasteiger partial charge in [0, 0.05) is 5.75 Å². The van der Waals surface area contributed by atoms with Crippen molar-refractivity contribution in [3.05, 3.63) is 26.7 Å². The van der Waals surface area contributed by atoms with E-state index < -0.39 is 12.0 Å². The molecule has 98 valence electrons. The van der Waals surface area contributed by atoms with Gasteiger partial charge in [-0.25, -0.2) is 9.78 Å². The first kappa shape index (κ1) is 12.4. The van der Waals surface area contributed by atoms with Crippen LogP contribution in [0.15, 0.2) is 16.8 Å². The minimum absolute atomic E-state index is 0.231. The molecular weight excluding hydrogens is 284 g/mol. The van der Waals surface area contributed by atoms with Gasteiger partial charge in [-0.15, -0.1) is 23.1 Å². The second kappa shape index (κ2) is 4.82. The molecular formula is C12H10N2O3S2. The molecule has 0 aromatic carbocycles. The molecule has 0 saturated heterocycles. The molecule has 0 spiro atoms. The van der Waals surface area contributed by atoms with E-state index in [4.69, 9.17) is 5.11 Å². The molecule has 1 aliphatic heterocycles. The van der Waals surface area contributed by atoms with E-state index in [9.17, 15) is 9.90 Å². The Morgan fingerprint density at radius 1 is 1.42 bits per heavy atom. The molecule has 0 saturated carbocycles. The number of rotatable bonds is 2. The molecule has 1 aliphatic carbocycles. The van der Waals surface area contributed by atoms with Crippen LogP contribution in [0.3, 0.4) is 0 Å². The summed E-state index contributed by atoms with van der Waals surface area (Å²) in [4.78, 5) is 19.5. The Bertz CT molecular complexity index is 718. The predicted octanol–water partition coefficient (Wildman–Crippen LogP) is 0.496. The SMILES string of the molecule is O=C(O)C1CSC(c2nc3c(s2)=CC(O)=CCC=3)=N1. The number of carboxylic acid groups (broad SMARTS) is 1. The molecule has 1 aromatic rings. The summed E-state index contributed by atoms with van der Waals surface area (Å²) in [5.41, 5.74) is 0. The topological polar surface area (TPSA) is 82.8 Å². The number of allylic oxidation sites excluding steroid dienone is 2. The number of carbonyl (C=O) groups is 1. The Morgan fingerprint density at radius 2 is 2.26 bits per heavy atom. The number of fused-ring (bicyclic) bond motifs is 1. The predicted molar refractivity (Wildman–Crippen MR) is 76.0 cm³/mol. The zero-order valence-electron chi connectivity index (χ0n) is 9.74. The van der Waals surface area contributed by atoms with Gasteiger partial charge in [0.05, 0.1) is 9.88 Å². The molecule has 19 heavy (non-hydrogen) atoms. The van der Waals surface area contributed by atoms with Crippen molar-refractivity contribution in [3.63, 3.8) is 0 Å². The minimum atomic E-state index is -0.903. The number of aromatic nitrogens is 1. The van der Waals surface area contributed by atoms with Gasteiger partial charge in [0.15, 0.2) is 6.04 Å². The van der Waals surface area contributed by atoms with Gasteiger partial charge in [-0.05, 0) is 18.6 Å². The molecule has 0 fully saturated rings. The van der Waals surface area contributed by atoms with Gasteiger partial charge in [-0.2, -0.15) is 0 Å². The van der Waals surface area contributed by atoms with Crippen LogP contribution in [0.1, 0.15) is 11.4 Å². The quantitative estimate of drug-likeness (QED) is 0.830. The van der Waals surface area contributed by atoms with E-state index >= 15 is 0 Å². The summed E-state index contributed by atoms with van der Waals surface area (Å²) in [6.07, 6.45) is 5.96. The lowest BCUT2D eigenvalue weighted by Crippen LogP contribution is -2.20. The van der Waals surface area contributed by atoms with Gasteiger partial charge >= 0.3 is 5.97 Å². The number of thioether (sulfide) groups is 1. The smallest absolute Gasteiger partial charge is 0.329 e. The van der Waals surface area contributed by atoms with Gasteiger partial charge < -0.3 is 10.2 Å². The molecule has 2 aliphatic rings. The normalized spacial score (nSPS) is 21.6. The number of carboxylic acids is 1. The van der Waals surface area contributed by atoms with Crippen LogP contribution in [0.25, 0.3) is 12.2 Å². The van der Waals surface area contributed by atoms with Crippen molar-refractivity contribution in [1.29, 1.82) is 0 Å². The monoisotopic (exact) mass is 294 g/mol. The highest BCUT2D eigenvalue weighted by atomic mass is 32.2. The summed E-state index contributed by atoms with van der Waals surface area (Å²) in [5.74, 6) is -0.220. The fourth-order valence-corrected chi connectivity index (χ4v) is 3.90. The maximum absolute atomic E-state index is 10.9. The van der Waals surface area contributed by atoms with E-state index in [1.54, 1.807) is 12.2 Å². The van der Waals surface area contributed by atoms with Crippen molar-refractivity contribution in [2.24, 2.45) is 4.99 Å². The average Bonchev–Trinajstić information content (AvgIpc) is 2.94. The first-order valence-corrected chi connectivity index (χ1v) is 7.45. The Kier molecular flexibility index (Phi) is 3.16. The van der Waals surface area contributed by atoms with Crippen molar-refractivity contribution < 1.29 is 15.0 Å². The molecule has 5 nitrogen and oxygen atoms in total. The third-order valence-corrected chi connectivity index (χ3v) is 4.93. The minimum Gasteiger partial charge on any atom is -0.508 e. The first-order chi connectivity index (χ1) is 9.13. The number of thiazole rings is 1. The van der Waals surface area contributed by atoms with Crippen LogP contribution >= 0.6 is 23.1 Å². The standard InChI is InChI=1S/C12H10N2O3S2/c15-6-2-1-3-7-9(4-6)19-11(13-7)10-14-8(5-18-10)12(16)17/h2-4,8,15H,1,5H2,(H,16,17). The van der Waals surface area contributed by atoms with Crippen molar-refractivity contribution in [2.45, 2.75) is 12.5 Å². The fraction of sp³-hybridized carbons (Fsp3) is 0.250. The molecule has 1 atom stereocenters. The van der Waals surface area contributed by atoms with Crippen LogP contribution in [0.5, 0.6) is 0 Å². The number of aliphatic hydroxyl groups excluding tert-OH is 1. The molecule has 0 bridgehead atoms. The van der Waals surface area contributed by atoms with Crippen LogP contribution < -0.4 is 9.88 Å². The van der Waals surface area contributed by atoms with E-state index in [0.29, 0.717) is 17.2 Å². The highest BCUT2D eigenvalue weighted by Crippen LogP contribution is 2.23. The molecule has 2 heterocycles. The van der Waals surface area contributed by atoms with Gasteiger partial charge in [0.25, 0.3) is 0 Å². The number of hydrogen-bond acceptors (Lipinski definition) is 6. The lowest BCUT2D eigenvalue weighted by Gasteiger charge is -1.93. The number of aliphatic hydroxyl groups is 1. The van der Waals surface area contributed by atoms with Crippen LogP contribution in [0.2, 0.25) is 0 Å². The molecule has 0 amide bonds. The fourth-order valence-electron chi connectivity index (χ4n) is 1.79. The maximum atomic E-state index is 10.9. The molecule has 0 radical (unpaired) electrons. The molecule has 1 unspecified atom stereocenters. The molecule has 1 aromatic heterocycles. The zero-order chi connectivity index (χ0) is 13.4. The van der Waals surface area contributed by atoms with Gasteiger partial charge in [-0.3, -0.25) is 4.99 Å². The number of nitrogens with zero attached hydrogens (tertiary/aromatic N) is 2. The van der Waals surface area contributed by atoms with Gasteiger partial charge in [-0.1, -0.05) is 6.08 Å². The maximum Gasteiger partial charge on any atom is 0.329 e. The Hall–Kier alpha value is -1.60. The van der Waals surface area contributed by atoms with Crippen molar-refractivity contribution >= 4 is 46.3 Å². The molecule has 2 N–H and O–H groups in total. The van der Waals surface area contributed by atoms with E-state index in [2.05, 4.69) is 9.98 Å². The van der Waals surface area contributed by atoms with Crippen LogP contribution in [0.4, 0.5) is 0 Å². The van der Waals surface area contributed by atoms with Crippen LogP contribution in [0, 0.1) is 0 Å². The highest BCUT2D eigenvalue weighted by molar-refractivity contribution is 8.15. The van der Waals surface area contributed by atoms with Crippen molar-refractivity contribution in [2.75, 3.05) is 5.75 Å². The number of aliphatic imine (C=N–C) groups is 1. The largest absolute Gasteiger partial charge is 0.508 e. The van der Waals surface area contributed by atoms with E-state index in [0.717, 1.165) is 14.9 Å². The van der Waals surface area contributed by atoms with Gasteiger partial charge in [0.1, 0.15) is 15.8 Å². The summed E-state index contributed by atoms with van der Waals surface area (Å²) in [6.45, 7) is 0. The van der Waals surface area contributed by atoms with E-state index in [1.807, 2.05) is 6.08 Å². The molecule has 7 heteroatoms. The zero-order valence-corrected chi connectivity index (χ0v) is 11.4. The van der Waals surface area contributed by atoms with E-state index in [-0.39, 0.29) is 5.76 Å². The second-order valence-corrected chi connectivity index (χ2v) is 6.12. The number of hydrogen-bond donors (Lipinski definition) is 2. The summed E-state index contributed by atoms with van der Waals surface area (Å²) in [6, 6.07) is -0.676. The van der Waals surface area contributed by atoms with Gasteiger partial charge in [0.2, 0.25) is 0 Å². The van der Waals surface area contributed by atoms with E-state index in [1.165, 1.54) is 23.1 Å². The van der Waals surface area contributed by atoms with Crippen molar-refractivity contribution in [1.82, 2.24) is 4.98 Å². The van der Waals surface area contributed by atoms with Crippen molar-refractivity contribution in [3.8, 4) is 0 Å². The van der Waals surface area contributed by atoms with Crippen LogP contribution in [-0.2, 0) is 4.79 Å². The summed E-state index contributed by atoms with van der Waals surface area (Å²) in [7, 11) is 0. The average molecular weight is 294 g/mol. The van der Waals surface area contributed by atoms with Crippen LogP contribution in [-0.4, -0.2) is 38.0 Å². The Labute approximate surface area is 116 Å². The Morgan fingerprint density at radius 3 is 3.00 bits per heavy atom. The summed E-state index contributed by atoms with van der Waals surface area (Å²) >= 11 is 2.83. The highest BCUT2D eigenvalue weighted by Gasteiger charge is 2.26. The first-order valence-electron chi connectivity index (χ1n) is 5.65. The second-order valence-electron chi connectivity index (χ2n) is 4.08. The number of aliphatic carboxylic acids is 1. The lowest BCUT2D eigenvalue weighted by molar-refractivity contribution is -0.137. The molecule has 3 rings (SSSR count). The third-order valence-electron chi connectivity index (χ3n) is 2.72. The summed E-state index contributed by atoms with van der Waals surface area (Å²) in [5, 5.41) is 20.7. The summed E-state index contributed by atoms with van der Waals surface area (Å²) < 4.78 is 0.878. The third kappa shape index (κ3) is 2.43.